The first-order valence-corrected chi connectivity index (χ1v) is 10.9. The van der Waals surface area contributed by atoms with Gasteiger partial charge in [-0.15, -0.1) is 0 Å². The number of ether oxygens (including phenoxy) is 2. The number of carbonyl (C=O) groups excluding carboxylic acids is 1. The Morgan fingerprint density at radius 3 is 2.88 bits per heavy atom. The van der Waals surface area contributed by atoms with E-state index in [0.717, 1.165) is 38.5 Å². The van der Waals surface area contributed by atoms with E-state index in [0.29, 0.717) is 10.4 Å². The van der Waals surface area contributed by atoms with Crippen LogP contribution < -0.4 is 14.3 Å². The summed E-state index contributed by atoms with van der Waals surface area (Å²) in [7, 11) is 0. The number of thiazole rings is 1. The molecule has 134 valence electrons. The second kappa shape index (κ2) is 7.46. The average Bonchev–Trinajstić information content (AvgIpc) is 3.21. The summed E-state index contributed by atoms with van der Waals surface area (Å²) in [6.45, 7) is 1.02. The Kier molecular flexibility index (Phi) is 5.06. The molecule has 0 spiro atoms. The number of nitrogens with zero attached hydrogens (tertiary/aromatic N) is 2. The number of aromatic nitrogens is 1. The smallest absolute Gasteiger partial charge is 0.279 e. The molecule has 8 heteroatoms. The van der Waals surface area contributed by atoms with Gasteiger partial charge in [-0.1, -0.05) is 33.3 Å². The highest BCUT2D eigenvalue weighted by atomic mass is 79.9. The number of fused-ring (bicyclic) bond motifs is 2. The van der Waals surface area contributed by atoms with Crippen LogP contribution in [0, 0.1) is 0 Å². The van der Waals surface area contributed by atoms with Crippen LogP contribution in [0.3, 0.4) is 0 Å². The number of halogens is 1. The molecule has 2 aromatic carbocycles. The summed E-state index contributed by atoms with van der Waals surface area (Å²) in [5, 5.41) is 0. The van der Waals surface area contributed by atoms with Gasteiger partial charge in [0.15, 0.2) is 16.3 Å². The first-order valence-electron chi connectivity index (χ1n) is 7.92. The summed E-state index contributed by atoms with van der Waals surface area (Å²) in [6, 6.07) is 11.2. The number of rotatable bonds is 4. The molecule has 5 nitrogen and oxygen atoms in total. The zero-order valence-corrected chi connectivity index (χ0v) is 17.1. The van der Waals surface area contributed by atoms with Gasteiger partial charge in [0.05, 0.1) is 10.2 Å². The minimum Gasteiger partial charge on any atom is -0.454 e. The largest absolute Gasteiger partial charge is 0.454 e. The standard InChI is InChI=1S/C18H15BrN2O3S2/c1-25-6-5-21-13-8-14-15(24-10-23-14)9-16(13)26-18(21)20-17(22)11-3-2-4-12(19)7-11/h2-4,7-9H,5-6,10H2,1H3. The number of aryl methyl sites for hydroxylation is 1. The lowest BCUT2D eigenvalue weighted by atomic mass is 10.2. The monoisotopic (exact) mass is 450 g/mol. The molecule has 0 atom stereocenters. The first kappa shape index (κ1) is 17.6. The van der Waals surface area contributed by atoms with Gasteiger partial charge in [0.25, 0.3) is 5.91 Å². The normalized spacial score (nSPS) is 13.5. The Hall–Kier alpha value is -1.77. The highest BCUT2D eigenvalue weighted by Crippen LogP contribution is 2.37. The van der Waals surface area contributed by atoms with Crippen LogP contribution in [0.5, 0.6) is 11.5 Å². The molecule has 0 saturated carbocycles. The van der Waals surface area contributed by atoms with Crippen molar-refractivity contribution in [1.29, 1.82) is 0 Å². The first-order chi connectivity index (χ1) is 12.7. The van der Waals surface area contributed by atoms with E-state index < -0.39 is 0 Å². The number of hydrogen-bond acceptors (Lipinski definition) is 5. The Balaban J connectivity index is 1.84. The summed E-state index contributed by atoms with van der Waals surface area (Å²) in [4.78, 5) is 17.7. The predicted molar refractivity (Wildman–Crippen MR) is 108 cm³/mol. The molecule has 4 rings (SSSR count). The number of carbonyl (C=O) groups is 1. The SMILES string of the molecule is CSCCn1c(=NC(=O)c2cccc(Br)c2)sc2cc3c(cc21)OCO3. The van der Waals surface area contributed by atoms with Gasteiger partial charge in [0, 0.05) is 34.5 Å². The molecule has 2 heterocycles. The fourth-order valence-electron chi connectivity index (χ4n) is 2.72. The zero-order chi connectivity index (χ0) is 18.1. The Morgan fingerprint density at radius 1 is 1.31 bits per heavy atom. The molecule has 1 aliphatic heterocycles. The van der Waals surface area contributed by atoms with Gasteiger partial charge >= 0.3 is 0 Å². The molecule has 0 bridgehead atoms. The maximum Gasteiger partial charge on any atom is 0.279 e. The lowest BCUT2D eigenvalue weighted by Gasteiger charge is -2.04. The van der Waals surface area contributed by atoms with Crippen LogP contribution in [0.4, 0.5) is 0 Å². The fraction of sp³-hybridized carbons (Fsp3) is 0.222. The van der Waals surface area contributed by atoms with Crippen molar-refractivity contribution in [3.05, 3.63) is 51.2 Å². The third-order valence-electron chi connectivity index (χ3n) is 3.96. The second-order valence-electron chi connectivity index (χ2n) is 5.63. The Morgan fingerprint density at radius 2 is 2.12 bits per heavy atom. The topological polar surface area (TPSA) is 52.8 Å². The Bertz CT molecular complexity index is 1060. The highest BCUT2D eigenvalue weighted by Gasteiger charge is 2.18. The summed E-state index contributed by atoms with van der Waals surface area (Å²) in [5.74, 6) is 2.15. The van der Waals surface area contributed by atoms with Gasteiger partial charge in [-0.2, -0.15) is 16.8 Å². The number of hydrogen-bond donors (Lipinski definition) is 0. The van der Waals surface area contributed by atoms with Crippen LogP contribution in [-0.2, 0) is 6.54 Å². The molecule has 0 N–H and O–H groups in total. The number of amides is 1. The van der Waals surface area contributed by atoms with Gasteiger partial charge in [0.1, 0.15) is 0 Å². The number of benzene rings is 2. The van der Waals surface area contributed by atoms with Crippen LogP contribution in [0.1, 0.15) is 10.4 Å². The molecule has 3 aromatic rings. The van der Waals surface area contributed by atoms with Gasteiger partial charge in [-0.3, -0.25) is 4.79 Å². The molecule has 1 aromatic heterocycles. The maximum absolute atomic E-state index is 12.6. The van der Waals surface area contributed by atoms with Crippen molar-refractivity contribution in [2.45, 2.75) is 6.54 Å². The van der Waals surface area contributed by atoms with E-state index in [1.54, 1.807) is 23.9 Å². The highest BCUT2D eigenvalue weighted by molar-refractivity contribution is 9.10. The van der Waals surface area contributed by atoms with Crippen molar-refractivity contribution in [2.24, 2.45) is 4.99 Å². The summed E-state index contributed by atoms with van der Waals surface area (Å²) < 4.78 is 14.9. The fourth-order valence-corrected chi connectivity index (χ4v) is 4.55. The van der Waals surface area contributed by atoms with E-state index in [4.69, 9.17) is 9.47 Å². The summed E-state index contributed by atoms with van der Waals surface area (Å²) >= 11 is 6.64. The minimum atomic E-state index is -0.254. The second-order valence-corrected chi connectivity index (χ2v) is 8.54. The van der Waals surface area contributed by atoms with Gasteiger partial charge < -0.3 is 14.0 Å². The number of thioether (sulfide) groups is 1. The van der Waals surface area contributed by atoms with Gasteiger partial charge in [-0.25, -0.2) is 0 Å². The third-order valence-corrected chi connectivity index (χ3v) is 6.09. The van der Waals surface area contributed by atoms with E-state index in [2.05, 4.69) is 31.7 Å². The lowest BCUT2D eigenvalue weighted by molar-refractivity contribution is 0.0998. The van der Waals surface area contributed by atoms with Crippen molar-refractivity contribution in [2.75, 3.05) is 18.8 Å². The van der Waals surface area contributed by atoms with E-state index in [1.165, 1.54) is 11.3 Å². The molecule has 0 radical (unpaired) electrons. The average molecular weight is 451 g/mol. The van der Waals surface area contributed by atoms with Crippen LogP contribution >= 0.6 is 39.0 Å². The van der Waals surface area contributed by atoms with Crippen molar-refractivity contribution < 1.29 is 14.3 Å². The van der Waals surface area contributed by atoms with Crippen LogP contribution in [-0.4, -0.2) is 29.3 Å². The van der Waals surface area contributed by atoms with Crippen LogP contribution in [0.15, 0.2) is 45.9 Å². The van der Waals surface area contributed by atoms with Gasteiger partial charge in [0.2, 0.25) is 6.79 Å². The molecule has 1 aliphatic rings. The minimum absolute atomic E-state index is 0.246. The van der Waals surface area contributed by atoms with E-state index in [-0.39, 0.29) is 12.7 Å². The molecular weight excluding hydrogens is 436 g/mol. The molecule has 0 fully saturated rings. The summed E-state index contributed by atoms with van der Waals surface area (Å²) in [5.41, 5.74) is 1.57. The molecule has 0 aliphatic carbocycles. The molecule has 1 amide bonds. The zero-order valence-electron chi connectivity index (χ0n) is 13.9. The van der Waals surface area contributed by atoms with Crippen LogP contribution in [0.2, 0.25) is 0 Å². The van der Waals surface area contributed by atoms with E-state index in [9.17, 15) is 4.79 Å². The molecule has 0 saturated heterocycles. The van der Waals surface area contributed by atoms with Crippen LogP contribution in [0.25, 0.3) is 10.2 Å². The van der Waals surface area contributed by atoms with Crippen molar-refractivity contribution in [3.8, 4) is 11.5 Å². The summed E-state index contributed by atoms with van der Waals surface area (Å²) in [6.07, 6.45) is 2.06. The Labute approximate surface area is 166 Å². The molecule has 26 heavy (non-hydrogen) atoms. The van der Waals surface area contributed by atoms with E-state index >= 15 is 0 Å². The van der Waals surface area contributed by atoms with Crippen molar-refractivity contribution >= 4 is 55.2 Å². The molecular formula is C18H15BrN2O3S2. The lowest BCUT2D eigenvalue weighted by Crippen LogP contribution is -2.18. The van der Waals surface area contributed by atoms with Crippen molar-refractivity contribution in [3.63, 3.8) is 0 Å². The predicted octanol–water partition coefficient (Wildman–Crippen LogP) is 4.30. The third kappa shape index (κ3) is 3.41. The van der Waals surface area contributed by atoms with E-state index in [1.807, 2.05) is 24.3 Å². The quantitative estimate of drug-likeness (QED) is 0.594. The molecule has 0 unspecified atom stereocenters. The van der Waals surface area contributed by atoms with Gasteiger partial charge in [-0.05, 0) is 24.5 Å². The maximum atomic E-state index is 12.6. The van der Waals surface area contributed by atoms with Crippen molar-refractivity contribution in [1.82, 2.24) is 4.57 Å².